The molecule has 0 spiro atoms. The number of rotatable bonds is 10. The Morgan fingerprint density at radius 1 is 0.941 bits per heavy atom. The number of carboxylic acid groups (broad SMARTS) is 1. The molecule has 34 heavy (non-hydrogen) atoms. The predicted octanol–water partition coefficient (Wildman–Crippen LogP) is 5.62. The van der Waals surface area contributed by atoms with Crippen LogP contribution in [0.25, 0.3) is 0 Å². The number of anilines is 2. The molecule has 1 unspecified atom stereocenters. The minimum atomic E-state index is -1.02. The minimum absolute atomic E-state index is 0.0997. The molecule has 0 bridgehead atoms. The maximum Gasteiger partial charge on any atom is 0.303 e. The maximum atomic E-state index is 13.2. The van der Waals surface area contributed by atoms with Crippen LogP contribution in [0.3, 0.4) is 0 Å². The lowest BCUT2D eigenvalue weighted by Gasteiger charge is -2.18. The first-order valence-corrected chi connectivity index (χ1v) is 11.6. The number of carboxylic acids is 1. The molecular formula is C25H23ClN2O5S. The lowest BCUT2D eigenvalue weighted by Crippen LogP contribution is -2.19. The molecule has 0 aliphatic heterocycles. The molecule has 3 rings (SSSR count). The van der Waals surface area contributed by atoms with E-state index in [1.807, 2.05) is 30.3 Å². The Kier molecular flexibility index (Phi) is 8.95. The van der Waals surface area contributed by atoms with Gasteiger partial charge in [-0.15, -0.1) is 11.8 Å². The number of hydrogen-bond donors (Lipinski definition) is 3. The number of aliphatic carboxylic acids is 1. The van der Waals surface area contributed by atoms with Crippen LogP contribution >= 0.6 is 23.4 Å². The first-order valence-electron chi connectivity index (χ1n) is 10.3. The molecule has 3 aromatic rings. The SMILES string of the molecule is COc1ccc(NC(=O)C(Sc2ccc(NC(=O)CCC(=O)O)cc2)c2ccccc2)cc1Cl. The van der Waals surface area contributed by atoms with Crippen LogP contribution in [0.1, 0.15) is 23.7 Å². The summed E-state index contributed by atoms with van der Waals surface area (Å²) in [5.41, 5.74) is 1.93. The second kappa shape index (κ2) is 12.1. The van der Waals surface area contributed by atoms with Crippen molar-refractivity contribution in [2.45, 2.75) is 23.0 Å². The summed E-state index contributed by atoms with van der Waals surface area (Å²) in [7, 11) is 1.52. The Hall–Kier alpha value is -3.49. The van der Waals surface area contributed by atoms with Crippen molar-refractivity contribution in [3.63, 3.8) is 0 Å². The van der Waals surface area contributed by atoms with E-state index in [4.69, 9.17) is 21.4 Å². The lowest BCUT2D eigenvalue weighted by molar-refractivity contribution is -0.138. The molecule has 7 nitrogen and oxygen atoms in total. The standard InChI is InChI=1S/C25H23ClN2O5S/c1-33-21-12-9-18(15-20(21)26)28-25(32)24(16-5-3-2-4-6-16)34-19-10-7-17(8-11-19)27-22(29)13-14-23(30)31/h2-12,15,24H,13-14H2,1H3,(H,27,29)(H,28,32)(H,30,31). The van der Waals surface area contributed by atoms with Gasteiger partial charge in [-0.05, 0) is 48.0 Å². The van der Waals surface area contributed by atoms with Crippen molar-refractivity contribution < 1.29 is 24.2 Å². The number of thioether (sulfide) groups is 1. The Morgan fingerprint density at radius 3 is 2.24 bits per heavy atom. The minimum Gasteiger partial charge on any atom is -0.495 e. The number of methoxy groups -OCH3 is 1. The average molecular weight is 499 g/mol. The van der Waals surface area contributed by atoms with E-state index in [1.165, 1.54) is 18.9 Å². The predicted molar refractivity (Wildman–Crippen MR) is 134 cm³/mol. The van der Waals surface area contributed by atoms with E-state index in [-0.39, 0.29) is 24.7 Å². The third kappa shape index (κ3) is 7.26. The molecule has 0 aliphatic rings. The third-order valence-electron chi connectivity index (χ3n) is 4.72. The molecule has 0 saturated heterocycles. The van der Waals surface area contributed by atoms with Crippen molar-refractivity contribution in [2.75, 3.05) is 17.7 Å². The zero-order valence-electron chi connectivity index (χ0n) is 18.3. The summed E-state index contributed by atoms with van der Waals surface area (Å²) >= 11 is 7.55. The van der Waals surface area contributed by atoms with Gasteiger partial charge in [0.2, 0.25) is 11.8 Å². The van der Waals surface area contributed by atoms with Gasteiger partial charge in [0.15, 0.2) is 0 Å². The average Bonchev–Trinajstić information content (AvgIpc) is 2.83. The number of hydrogen-bond acceptors (Lipinski definition) is 5. The van der Waals surface area contributed by atoms with E-state index < -0.39 is 11.2 Å². The van der Waals surface area contributed by atoms with Crippen molar-refractivity contribution in [1.82, 2.24) is 0 Å². The largest absolute Gasteiger partial charge is 0.495 e. The number of carbonyl (C=O) groups excluding carboxylic acids is 2. The summed E-state index contributed by atoms with van der Waals surface area (Å²) in [5, 5.41) is 14.1. The molecule has 0 saturated carbocycles. The summed E-state index contributed by atoms with van der Waals surface area (Å²) < 4.78 is 5.16. The summed E-state index contributed by atoms with van der Waals surface area (Å²) in [6.45, 7) is 0. The topological polar surface area (TPSA) is 105 Å². The van der Waals surface area contributed by atoms with Crippen molar-refractivity contribution >= 4 is 52.5 Å². The van der Waals surface area contributed by atoms with E-state index >= 15 is 0 Å². The van der Waals surface area contributed by atoms with Gasteiger partial charge in [0.25, 0.3) is 0 Å². The first kappa shape index (κ1) is 25.1. The Morgan fingerprint density at radius 2 is 1.62 bits per heavy atom. The molecule has 0 radical (unpaired) electrons. The van der Waals surface area contributed by atoms with Crippen molar-refractivity contribution in [3.8, 4) is 5.75 Å². The number of amides is 2. The van der Waals surface area contributed by atoms with Crippen LogP contribution in [-0.4, -0.2) is 30.0 Å². The van der Waals surface area contributed by atoms with Crippen molar-refractivity contribution in [2.24, 2.45) is 0 Å². The van der Waals surface area contributed by atoms with Gasteiger partial charge in [-0.25, -0.2) is 0 Å². The number of benzene rings is 3. The highest BCUT2D eigenvalue weighted by Gasteiger charge is 2.22. The normalized spacial score (nSPS) is 11.4. The van der Waals surface area contributed by atoms with Gasteiger partial charge < -0.3 is 20.5 Å². The van der Waals surface area contributed by atoms with Crippen LogP contribution in [0.5, 0.6) is 5.75 Å². The van der Waals surface area contributed by atoms with Gasteiger partial charge >= 0.3 is 5.97 Å². The second-order valence-corrected chi connectivity index (χ2v) is 8.80. The highest BCUT2D eigenvalue weighted by Crippen LogP contribution is 2.37. The smallest absolute Gasteiger partial charge is 0.303 e. The van der Waals surface area contributed by atoms with Crippen LogP contribution in [0.4, 0.5) is 11.4 Å². The molecule has 176 valence electrons. The van der Waals surface area contributed by atoms with Crippen LogP contribution in [0.2, 0.25) is 5.02 Å². The number of carbonyl (C=O) groups is 3. The highest BCUT2D eigenvalue weighted by molar-refractivity contribution is 8.00. The maximum absolute atomic E-state index is 13.2. The quantitative estimate of drug-likeness (QED) is 0.313. The van der Waals surface area contributed by atoms with Crippen LogP contribution < -0.4 is 15.4 Å². The highest BCUT2D eigenvalue weighted by atomic mass is 35.5. The van der Waals surface area contributed by atoms with E-state index in [1.54, 1.807) is 42.5 Å². The summed E-state index contributed by atoms with van der Waals surface area (Å²) in [6, 6.07) is 21.4. The van der Waals surface area contributed by atoms with Gasteiger partial charge in [-0.3, -0.25) is 14.4 Å². The summed E-state index contributed by atoms with van der Waals surface area (Å²) in [6.07, 6.45) is -0.329. The molecule has 9 heteroatoms. The fourth-order valence-electron chi connectivity index (χ4n) is 3.05. The summed E-state index contributed by atoms with van der Waals surface area (Å²) in [4.78, 5) is 36.5. The van der Waals surface area contributed by atoms with Crippen LogP contribution in [0, 0.1) is 0 Å². The fraction of sp³-hybridized carbons (Fsp3) is 0.160. The number of halogens is 1. The Bertz CT molecular complexity index is 1160. The zero-order valence-corrected chi connectivity index (χ0v) is 19.9. The Balaban J connectivity index is 1.73. The molecule has 0 aliphatic carbocycles. The molecule has 3 N–H and O–H groups in total. The van der Waals surface area contributed by atoms with Gasteiger partial charge in [-0.2, -0.15) is 0 Å². The molecule has 0 aromatic heterocycles. The fourth-order valence-corrected chi connectivity index (χ4v) is 4.33. The molecule has 0 heterocycles. The molecule has 3 aromatic carbocycles. The monoisotopic (exact) mass is 498 g/mol. The third-order valence-corrected chi connectivity index (χ3v) is 6.28. The van der Waals surface area contributed by atoms with E-state index in [0.29, 0.717) is 22.1 Å². The van der Waals surface area contributed by atoms with Crippen LogP contribution in [0.15, 0.2) is 77.7 Å². The molecule has 0 fully saturated rings. The van der Waals surface area contributed by atoms with Crippen molar-refractivity contribution in [3.05, 3.63) is 83.4 Å². The van der Waals surface area contributed by atoms with E-state index in [0.717, 1.165) is 10.5 Å². The first-order chi connectivity index (χ1) is 16.4. The molecule has 1 atom stereocenters. The van der Waals surface area contributed by atoms with E-state index in [9.17, 15) is 14.4 Å². The van der Waals surface area contributed by atoms with Gasteiger partial charge in [0.05, 0.1) is 18.6 Å². The number of ether oxygens (including phenoxy) is 1. The van der Waals surface area contributed by atoms with E-state index in [2.05, 4.69) is 10.6 Å². The lowest BCUT2D eigenvalue weighted by atomic mass is 10.1. The van der Waals surface area contributed by atoms with Gasteiger partial charge in [0, 0.05) is 22.7 Å². The Labute approximate surface area is 206 Å². The van der Waals surface area contributed by atoms with Crippen LogP contribution in [-0.2, 0) is 14.4 Å². The van der Waals surface area contributed by atoms with Gasteiger partial charge in [-0.1, -0.05) is 41.9 Å². The second-order valence-electron chi connectivity index (χ2n) is 7.21. The zero-order chi connectivity index (χ0) is 24.5. The summed E-state index contributed by atoms with van der Waals surface area (Å²) in [5.74, 6) is -1.10. The van der Waals surface area contributed by atoms with Crippen molar-refractivity contribution in [1.29, 1.82) is 0 Å². The molecule has 2 amide bonds. The molecular weight excluding hydrogens is 476 g/mol. The van der Waals surface area contributed by atoms with Gasteiger partial charge in [0.1, 0.15) is 11.0 Å². The number of nitrogens with one attached hydrogen (secondary N) is 2.